The van der Waals surface area contributed by atoms with Gasteiger partial charge >= 0.3 is 6.18 Å². The zero-order chi connectivity index (χ0) is 17.1. The summed E-state index contributed by atoms with van der Waals surface area (Å²) in [5.74, 6) is -1.04. The molecular formula is C15H9ClF3N5. The summed E-state index contributed by atoms with van der Waals surface area (Å²) in [7, 11) is 0. The number of fused-ring (bicyclic) bond motifs is 2. The molecule has 24 heavy (non-hydrogen) atoms. The van der Waals surface area contributed by atoms with E-state index in [9.17, 15) is 13.2 Å². The molecule has 0 radical (unpaired) electrons. The zero-order valence-corrected chi connectivity index (χ0v) is 12.9. The van der Waals surface area contributed by atoms with Crippen molar-refractivity contribution in [3.63, 3.8) is 0 Å². The third-order valence-corrected chi connectivity index (χ3v) is 4.04. The smallest absolute Gasteiger partial charge is 0.276 e. The Hall–Kier alpha value is -2.61. The first-order valence-corrected chi connectivity index (χ1v) is 7.28. The number of rotatable bonds is 1. The molecule has 0 unspecified atom stereocenters. The minimum atomic E-state index is -4.63. The predicted molar refractivity (Wildman–Crippen MR) is 83.3 cm³/mol. The first-order valence-electron chi connectivity index (χ1n) is 6.90. The minimum absolute atomic E-state index is 0.126. The third kappa shape index (κ3) is 2.14. The molecule has 0 amide bonds. The van der Waals surface area contributed by atoms with Crippen molar-refractivity contribution in [2.24, 2.45) is 0 Å². The Balaban J connectivity index is 2.12. The molecule has 0 aliphatic carbocycles. The number of benzene rings is 1. The van der Waals surface area contributed by atoms with Gasteiger partial charge in [-0.05, 0) is 30.7 Å². The van der Waals surface area contributed by atoms with Crippen LogP contribution in [-0.2, 0) is 6.18 Å². The summed E-state index contributed by atoms with van der Waals surface area (Å²) < 4.78 is 41.5. The fourth-order valence-electron chi connectivity index (χ4n) is 2.66. The van der Waals surface area contributed by atoms with Crippen molar-refractivity contribution < 1.29 is 13.2 Å². The van der Waals surface area contributed by atoms with Crippen molar-refractivity contribution in [2.45, 2.75) is 13.1 Å². The van der Waals surface area contributed by atoms with Crippen molar-refractivity contribution >= 4 is 33.7 Å². The van der Waals surface area contributed by atoms with Gasteiger partial charge < -0.3 is 0 Å². The number of hydrogen-bond acceptors (Lipinski definition) is 3. The van der Waals surface area contributed by atoms with Crippen molar-refractivity contribution in [1.29, 1.82) is 0 Å². The molecule has 0 atom stereocenters. The van der Waals surface area contributed by atoms with Gasteiger partial charge in [0.05, 0.1) is 22.4 Å². The first kappa shape index (κ1) is 14.9. The Kier molecular flexibility index (Phi) is 3.08. The summed E-state index contributed by atoms with van der Waals surface area (Å²) in [5, 5.41) is 7.43. The average molecular weight is 352 g/mol. The molecule has 0 aliphatic heterocycles. The summed E-state index contributed by atoms with van der Waals surface area (Å²) in [6.07, 6.45) is -1.69. The number of halogens is 4. The lowest BCUT2D eigenvalue weighted by molar-refractivity contribution is -0.145. The molecular weight excluding hydrogens is 343 g/mol. The van der Waals surface area contributed by atoms with Crippen molar-refractivity contribution in [3.8, 4) is 5.69 Å². The quantitative estimate of drug-likeness (QED) is 0.557. The zero-order valence-electron chi connectivity index (χ0n) is 12.2. The number of hydrogen-bond donors (Lipinski definition) is 1. The highest BCUT2D eigenvalue weighted by atomic mass is 35.5. The highest BCUT2D eigenvalue weighted by Gasteiger charge is 2.38. The van der Waals surface area contributed by atoms with E-state index in [1.807, 2.05) is 0 Å². The monoisotopic (exact) mass is 351 g/mol. The van der Waals surface area contributed by atoms with E-state index in [0.717, 1.165) is 4.57 Å². The second kappa shape index (κ2) is 4.94. The van der Waals surface area contributed by atoms with E-state index >= 15 is 0 Å². The maximum atomic E-state index is 13.5. The van der Waals surface area contributed by atoms with Crippen LogP contribution in [0.15, 0.2) is 30.6 Å². The van der Waals surface area contributed by atoms with Crippen LogP contribution in [0.4, 0.5) is 13.2 Å². The van der Waals surface area contributed by atoms with E-state index in [0.29, 0.717) is 16.5 Å². The molecule has 5 nitrogen and oxygen atoms in total. The number of pyridine rings is 1. The first-order chi connectivity index (χ1) is 11.4. The van der Waals surface area contributed by atoms with Gasteiger partial charge in [-0.2, -0.15) is 18.3 Å². The average Bonchev–Trinajstić information content (AvgIpc) is 3.11. The number of nitrogens with zero attached hydrogens (tertiary/aromatic N) is 4. The molecule has 1 N–H and O–H groups in total. The molecule has 4 aromatic rings. The highest BCUT2D eigenvalue weighted by Crippen LogP contribution is 2.35. The predicted octanol–water partition coefficient (Wildman–Crippen LogP) is 4.28. The maximum Gasteiger partial charge on any atom is 0.450 e. The van der Waals surface area contributed by atoms with Crippen LogP contribution in [0.3, 0.4) is 0 Å². The Morgan fingerprint density at radius 2 is 2.04 bits per heavy atom. The Morgan fingerprint density at radius 3 is 2.79 bits per heavy atom. The molecule has 0 aliphatic rings. The van der Waals surface area contributed by atoms with Crippen LogP contribution < -0.4 is 0 Å². The largest absolute Gasteiger partial charge is 0.450 e. The number of aryl methyl sites for hydroxylation is 1. The van der Waals surface area contributed by atoms with Gasteiger partial charge in [-0.25, -0.2) is 9.97 Å². The number of alkyl halides is 3. The van der Waals surface area contributed by atoms with Crippen molar-refractivity contribution in [1.82, 2.24) is 24.7 Å². The lowest BCUT2D eigenvalue weighted by atomic mass is 10.2. The molecule has 3 aromatic heterocycles. The Bertz CT molecular complexity index is 1080. The molecule has 1 aromatic carbocycles. The second-order valence-electron chi connectivity index (χ2n) is 5.33. The van der Waals surface area contributed by atoms with Crippen LogP contribution in [0.2, 0.25) is 5.02 Å². The van der Waals surface area contributed by atoms with Gasteiger partial charge in [0.25, 0.3) is 0 Å². The second-order valence-corrected chi connectivity index (χ2v) is 5.74. The lowest BCUT2D eigenvalue weighted by Gasteiger charge is -2.11. The van der Waals surface area contributed by atoms with E-state index in [2.05, 4.69) is 20.2 Å². The lowest BCUT2D eigenvalue weighted by Crippen LogP contribution is -2.14. The molecule has 0 spiro atoms. The normalized spacial score (nSPS) is 12.4. The summed E-state index contributed by atoms with van der Waals surface area (Å²) in [4.78, 5) is 7.85. The summed E-state index contributed by atoms with van der Waals surface area (Å²) >= 11 is 6.16. The Morgan fingerprint density at radius 1 is 1.25 bits per heavy atom. The van der Waals surface area contributed by atoms with Crippen LogP contribution in [0.5, 0.6) is 0 Å². The minimum Gasteiger partial charge on any atom is -0.276 e. The molecule has 0 bridgehead atoms. The third-order valence-electron chi connectivity index (χ3n) is 3.75. The van der Waals surface area contributed by atoms with Crippen LogP contribution in [-0.4, -0.2) is 24.7 Å². The standard InChI is InChI=1S/C15H9ClF3N5/c1-7-2-3-20-13-11(7)22-14(15(17,18)19)24(13)9-4-8-6-21-23-12(8)10(16)5-9/h2-6H,1H3,(H,21,23). The van der Waals surface area contributed by atoms with Gasteiger partial charge in [-0.1, -0.05) is 11.6 Å². The molecule has 0 fully saturated rings. The summed E-state index contributed by atoms with van der Waals surface area (Å²) in [6, 6.07) is 4.61. The van der Waals surface area contributed by atoms with Gasteiger partial charge in [-0.15, -0.1) is 0 Å². The molecule has 4 rings (SSSR count). The fraction of sp³-hybridized carbons (Fsp3) is 0.133. The summed E-state index contributed by atoms with van der Waals surface area (Å²) in [6.45, 7) is 1.69. The van der Waals surface area contributed by atoms with Crippen molar-refractivity contribution in [2.75, 3.05) is 0 Å². The SMILES string of the molecule is Cc1ccnc2c1nc(C(F)(F)F)n2-c1cc(Cl)c2[nH]ncc2c1. The highest BCUT2D eigenvalue weighted by molar-refractivity contribution is 6.35. The maximum absolute atomic E-state index is 13.5. The van der Waals surface area contributed by atoms with E-state index in [1.165, 1.54) is 18.5 Å². The number of aromatic amines is 1. The van der Waals surface area contributed by atoms with Gasteiger partial charge in [0.1, 0.15) is 5.52 Å². The van der Waals surface area contributed by atoms with Crippen molar-refractivity contribution in [3.05, 3.63) is 47.0 Å². The van der Waals surface area contributed by atoms with Gasteiger partial charge in [-0.3, -0.25) is 9.67 Å². The van der Waals surface area contributed by atoms with Gasteiger partial charge in [0, 0.05) is 11.6 Å². The van der Waals surface area contributed by atoms with Gasteiger partial charge in [0.15, 0.2) is 5.65 Å². The van der Waals surface area contributed by atoms with E-state index in [-0.39, 0.29) is 21.9 Å². The number of imidazole rings is 1. The molecule has 9 heteroatoms. The van der Waals surface area contributed by atoms with Gasteiger partial charge in [0.2, 0.25) is 5.82 Å². The molecule has 0 saturated carbocycles. The number of nitrogens with one attached hydrogen (secondary N) is 1. The Labute approximate surface area is 138 Å². The van der Waals surface area contributed by atoms with Crippen LogP contribution >= 0.6 is 11.6 Å². The topological polar surface area (TPSA) is 59.4 Å². The fourth-order valence-corrected chi connectivity index (χ4v) is 2.92. The molecule has 122 valence electrons. The van der Waals surface area contributed by atoms with E-state index < -0.39 is 12.0 Å². The van der Waals surface area contributed by atoms with Crippen LogP contribution in [0.25, 0.3) is 27.8 Å². The van der Waals surface area contributed by atoms with E-state index in [1.54, 1.807) is 19.1 Å². The molecule has 0 saturated heterocycles. The number of aromatic nitrogens is 5. The van der Waals surface area contributed by atoms with Crippen LogP contribution in [0, 0.1) is 6.92 Å². The summed E-state index contributed by atoms with van der Waals surface area (Å²) in [5.41, 5.74) is 1.72. The number of H-pyrrole nitrogens is 1. The molecule has 3 heterocycles. The van der Waals surface area contributed by atoms with Crippen LogP contribution in [0.1, 0.15) is 11.4 Å². The van der Waals surface area contributed by atoms with E-state index in [4.69, 9.17) is 11.6 Å².